The highest BCUT2D eigenvalue weighted by Crippen LogP contribution is 2.64. The number of aromatic nitrogens is 5. The summed E-state index contributed by atoms with van der Waals surface area (Å²) in [7, 11) is 0. The van der Waals surface area contributed by atoms with Gasteiger partial charge in [0.2, 0.25) is 0 Å². The summed E-state index contributed by atoms with van der Waals surface area (Å²) in [5.41, 5.74) is 15.8. The van der Waals surface area contributed by atoms with Crippen molar-refractivity contribution < 1.29 is 4.74 Å². The second-order valence-corrected chi connectivity index (χ2v) is 15.6. The summed E-state index contributed by atoms with van der Waals surface area (Å²) in [5, 5.41) is 0. The van der Waals surface area contributed by atoms with E-state index in [0.717, 1.165) is 107 Å². The summed E-state index contributed by atoms with van der Waals surface area (Å²) >= 11 is 0. The summed E-state index contributed by atoms with van der Waals surface area (Å²) in [4.78, 5) is 25.3. The number of para-hydroxylation sites is 2. The van der Waals surface area contributed by atoms with Crippen molar-refractivity contribution in [1.82, 2.24) is 24.9 Å². The van der Waals surface area contributed by atoms with Crippen molar-refractivity contribution in [2.45, 2.75) is 5.41 Å². The predicted molar refractivity (Wildman–Crippen MR) is 245 cm³/mol. The van der Waals surface area contributed by atoms with Crippen molar-refractivity contribution >= 4 is 0 Å². The molecule has 290 valence electrons. The molecule has 0 saturated carbocycles. The van der Waals surface area contributed by atoms with Gasteiger partial charge in [0.25, 0.3) is 0 Å². The van der Waals surface area contributed by atoms with E-state index >= 15 is 0 Å². The smallest absolute Gasteiger partial charge is 0.160 e. The molecule has 10 aromatic rings. The Morgan fingerprint density at radius 3 is 1.42 bits per heavy atom. The number of hydrogen-bond acceptors (Lipinski definition) is 6. The van der Waals surface area contributed by atoms with Crippen LogP contribution in [0.1, 0.15) is 22.3 Å². The van der Waals surface area contributed by atoms with Gasteiger partial charge in [0.05, 0.1) is 39.6 Å². The molecule has 6 aromatic carbocycles. The summed E-state index contributed by atoms with van der Waals surface area (Å²) in [5.74, 6) is 2.33. The van der Waals surface area contributed by atoms with Gasteiger partial charge in [-0.15, -0.1) is 0 Å². The Morgan fingerprint density at radius 2 is 0.823 bits per heavy atom. The molecule has 0 bridgehead atoms. The molecule has 0 amide bonds. The minimum Gasteiger partial charge on any atom is -0.457 e. The first kappa shape index (κ1) is 35.6. The molecule has 2 aliphatic rings. The van der Waals surface area contributed by atoms with Crippen molar-refractivity contribution in [3.63, 3.8) is 0 Å². The van der Waals surface area contributed by atoms with E-state index in [1.807, 2.05) is 73.1 Å². The molecule has 0 saturated heterocycles. The molecule has 4 aromatic heterocycles. The first-order chi connectivity index (χ1) is 30.7. The van der Waals surface area contributed by atoms with Crippen molar-refractivity contribution in [3.8, 4) is 90.4 Å². The van der Waals surface area contributed by atoms with E-state index in [1.54, 1.807) is 0 Å². The third kappa shape index (κ3) is 5.61. The van der Waals surface area contributed by atoms with E-state index in [0.29, 0.717) is 5.82 Å². The zero-order valence-electron chi connectivity index (χ0n) is 33.4. The van der Waals surface area contributed by atoms with Crippen molar-refractivity contribution in [3.05, 3.63) is 235 Å². The van der Waals surface area contributed by atoms with E-state index < -0.39 is 5.41 Å². The lowest BCUT2D eigenvalue weighted by Crippen LogP contribution is -2.32. The highest BCUT2D eigenvalue weighted by molar-refractivity contribution is 6.02. The fourth-order valence-electron chi connectivity index (χ4n) is 9.48. The van der Waals surface area contributed by atoms with Gasteiger partial charge in [-0.3, -0.25) is 9.97 Å². The Hall–Kier alpha value is -8.35. The molecule has 0 unspecified atom stereocenters. The summed E-state index contributed by atoms with van der Waals surface area (Å²) in [6.45, 7) is 0. The van der Waals surface area contributed by atoms with Crippen LogP contribution in [0.25, 0.3) is 78.9 Å². The van der Waals surface area contributed by atoms with E-state index in [4.69, 9.17) is 29.7 Å². The topological polar surface area (TPSA) is 73.7 Å². The Kier molecular flexibility index (Phi) is 8.28. The largest absolute Gasteiger partial charge is 0.457 e. The van der Waals surface area contributed by atoms with Crippen LogP contribution in [-0.2, 0) is 5.41 Å². The lowest BCUT2D eigenvalue weighted by molar-refractivity contribution is 0.436. The van der Waals surface area contributed by atoms with E-state index in [2.05, 4.69) is 140 Å². The SMILES string of the molecule is c1ccc(-c2cc(-c3cccc4c3-c3c(-c5cc(-c6ccccn6)nc(-c6ccccn6)c5)cccc3C43c4ccccc4Oc4ccccc43)nc(-c3ccccc3)n2)cc1. The van der Waals surface area contributed by atoms with Crippen molar-refractivity contribution in [2.24, 2.45) is 0 Å². The molecule has 5 heterocycles. The normalized spacial score (nSPS) is 12.8. The van der Waals surface area contributed by atoms with Crippen LogP contribution in [-0.4, -0.2) is 24.9 Å². The van der Waals surface area contributed by atoms with Crippen LogP contribution < -0.4 is 4.74 Å². The standard InChI is InChI=1S/C56H35N5O/c1-3-17-36(18-4-1)47-35-48(61-55(60-47)37-19-5-2-6-20-37)40-22-16-26-44-54(40)53-39(38-33-49(45-27-11-13-31-57-45)59-50(34-38)46-28-12-14-32-58-46)21-15-25-43(53)56(44)41-23-7-9-29-51(41)62-52-30-10-8-24-42(52)56/h1-35H. The number of pyridine rings is 3. The van der Waals surface area contributed by atoms with Gasteiger partial charge in [0, 0.05) is 40.2 Å². The Bertz CT molecular complexity index is 2980. The maximum Gasteiger partial charge on any atom is 0.160 e. The minimum absolute atomic E-state index is 0.664. The number of fused-ring (bicyclic) bond motifs is 9. The first-order valence-electron chi connectivity index (χ1n) is 20.7. The van der Waals surface area contributed by atoms with Gasteiger partial charge in [-0.1, -0.05) is 146 Å². The predicted octanol–water partition coefficient (Wildman–Crippen LogP) is 13.1. The second kappa shape index (κ2) is 14.4. The van der Waals surface area contributed by atoms with Gasteiger partial charge in [-0.2, -0.15) is 0 Å². The molecule has 6 nitrogen and oxygen atoms in total. The molecule has 12 rings (SSSR count). The maximum atomic E-state index is 6.74. The van der Waals surface area contributed by atoms with Crippen molar-refractivity contribution in [2.75, 3.05) is 0 Å². The number of nitrogens with zero attached hydrogens (tertiary/aromatic N) is 5. The molecular weight excluding hydrogens is 759 g/mol. The second-order valence-electron chi connectivity index (χ2n) is 15.6. The van der Waals surface area contributed by atoms with Crippen LogP contribution in [0.4, 0.5) is 0 Å². The monoisotopic (exact) mass is 793 g/mol. The van der Waals surface area contributed by atoms with Crippen LogP contribution >= 0.6 is 0 Å². The van der Waals surface area contributed by atoms with E-state index in [9.17, 15) is 0 Å². The summed E-state index contributed by atoms with van der Waals surface area (Å²) in [6.07, 6.45) is 3.62. The van der Waals surface area contributed by atoms with Gasteiger partial charge >= 0.3 is 0 Å². The minimum atomic E-state index is -0.722. The highest BCUT2D eigenvalue weighted by atomic mass is 16.5. The number of rotatable bonds is 6. The van der Waals surface area contributed by atoms with Crippen LogP contribution in [0, 0.1) is 0 Å². The molecular formula is C56H35N5O. The number of ether oxygens (including phenoxy) is 1. The average Bonchev–Trinajstić information content (AvgIpc) is 3.65. The van der Waals surface area contributed by atoms with E-state index in [1.165, 1.54) is 0 Å². The van der Waals surface area contributed by atoms with Crippen LogP contribution in [0.15, 0.2) is 213 Å². The molecule has 0 atom stereocenters. The molecule has 1 spiro atoms. The van der Waals surface area contributed by atoms with Crippen LogP contribution in [0.5, 0.6) is 11.5 Å². The quantitative estimate of drug-likeness (QED) is 0.167. The first-order valence-corrected chi connectivity index (χ1v) is 20.7. The Labute approximate surface area is 359 Å². The zero-order chi connectivity index (χ0) is 41.0. The molecule has 0 N–H and O–H groups in total. The zero-order valence-corrected chi connectivity index (χ0v) is 33.4. The van der Waals surface area contributed by atoms with Gasteiger partial charge in [-0.05, 0) is 88.0 Å². The van der Waals surface area contributed by atoms with Crippen molar-refractivity contribution in [1.29, 1.82) is 0 Å². The van der Waals surface area contributed by atoms with Gasteiger partial charge < -0.3 is 4.74 Å². The Morgan fingerprint density at radius 1 is 0.323 bits per heavy atom. The summed E-state index contributed by atoms with van der Waals surface area (Å²) in [6, 6.07) is 69.3. The third-order valence-electron chi connectivity index (χ3n) is 12.1. The molecule has 62 heavy (non-hydrogen) atoms. The maximum absolute atomic E-state index is 6.74. The lowest BCUT2D eigenvalue weighted by Gasteiger charge is -2.39. The van der Waals surface area contributed by atoms with E-state index in [-0.39, 0.29) is 0 Å². The molecule has 0 fully saturated rings. The molecule has 1 aliphatic carbocycles. The van der Waals surface area contributed by atoms with Gasteiger partial charge in [0.1, 0.15) is 11.5 Å². The fourth-order valence-corrected chi connectivity index (χ4v) is 9.48. The highest BCUT2D eigenvalue weighted by Gasteiger charge is 2.52. The third-order valence-corrected chi connectivity index (χ3v) is 12.1. The average molecular weight is 794 g/mol. The van der Waals surface area contributed by atoms with Gasteiger partial charge in [-0.25, -0.2) is 15.0 Å². The van der Waals surface area contributed by atoms with Crippen LogP contribution in [0.3, 0.4) is 0 Å². The van der Waals surface area contributed by atoms with Gasteiger partial charge in [0.15, 0.2) is 5.82 Å². The summed E-state index contributed by atoms with van der Waals surface area (Å²) < 4.78 is 6.74. The number of benzene rings is 6. The molecule has 0 radical (unpaired) electrons. The molecule has 1 aliphatic heterocycles. The lowest BCUT2D eigenvalue weighted by atomic mass is 9.66. The molecule has 6 heteroatoms. The Balaban J connectivity index is 1.21. The van der Waals surface area contributed by atoms with Crippen LogP contribution in [0.2, 0.25) is 0 Å². The number of hydrogen-bond donors (Lipinski definition) is 0. The fraction of sp³-hybridized carbons (Fsp3) is 0.0179.